The molecule has 2 heterocycles. The van der Waals surface area contributed by atoms with Crippen LogP contribution in [0.3, 0.4) is 0 Å². The van der Waals surface area contributed by atoms with Gasteiger partial charge in [0.25, 0.3) is 5.91 Å². The molecule has 0 spiro atoms. The molecule has 1 aliphatic rings. The third kappa shape index (κ3) is 3.20. The van der Waals surface area contributed by atoms with Crippen LogP contribution in [0.4, 0.5) is 0 Å². The first-order valence-corrected chi connectivity index (χ1v) is 9.09. The van der Waals surface area contributed by atoms with Gasteiger partial charge in [-0.2, -0.15) is 0 Å². The van der Waals surface area contributed by atoms with Crippen LogP contribution in [0, 0.1) is 13.8 Å². The second-order valence-electron chi connectivity index (χ2n) is 6.71. The maximum absolute atomic E-state index is 13.0. The third-order valence-electron chi connectivity index (χ3n) is 5.00. The van der Waals surface area contributed by atoms with Gasteiger partial charge in [-0.05, 0) is 50.6 Å². The van der Waals surface area contributed by atoms with Crippen molar-refractivity contribution >= 4 is 18.0 Å². The summed E-state index contributed by atoms with van der Waals surface area (Å²) in [7, 11) is 1.32. The fourth-order valence-electron chi connectivity index (χ4n) is 3.64. The maximum Gasteiger partial charge on any atom is 0.340 e. The Kier molecular flexibility index (Phi) is 5.36. The molecule has 144 valence electrons. The number of para-hydroxylation sites is 1. The van der Waals surface area contributed by atoms with Crippen LogP contribution in [0.15, 0.2) is 65.9 Å². The first-order chi connectivity index (χ1) is 13.4. The topological polar surface area (TPSA) is 51.5 Å². The quantitative estimate of drug-likeness (QED) is 0.451. The van der Waals surface area contributed by atoms with Gasteiger partial charge in [0.2, 0.25) is 0 Å². The number of allylic oxidation sites excluding steroid dienone is 1. The van der Waals surface area contributed by atoms with Crippen molar-refractivity contribution in [1.82, 2.24) is 9.47 Å². The van der Waals surface area contributed by atoms with E-state index in [0.717, 1.165) is 22.6 Å². The van der Waals surface area contributed by atoms with Gasteiger partial charge >= 0.3 is 5.97 Å². The zero-order chi connectivity index (χ0) is 20.4. The van der Waals surface area contributed by atoms with E-state index in [1.165, 1.54) is 7.11 Å². The zero-order valence-corrected chi connectivity index (χ0v) is 16.7. The van der Waals surface area contributed by atoms with Crippen molar-refractivity contribution in [2.75, 3.05) is 13.7 Å². The molecule has 0 atom stereocenters. The Labute approximate surface area is 165 Å². The van der Waals surface area contributed by atoms with Crippen molar-refractivity contribution in [2.45, 2.75) is 20.8 Å². The molecule has 0 bridgehead atoms. The number of carbonyl (C=O) groups excluding carboxylic acids is 2. The van der Waals surface area contributed by atoms with Crippen LogP contribution < -0.4 is 0 Å². The number of methoxy groups -OCH3 is 1. The van der Waals surface area contributed by atoms with Gasteiger partial charge in [0.15, 0.2) is 0 Å². The molecule has 0 aliphatic carbocycles. The van der Waals surface area contributed by atoms with Crippen LogP contribution in [0.2, 0.25) is 0 Å². The molecule has 0 N–H and O–H groups in total. The number of benzene rings is 1. The molecule has 1 amide bonds. The number of rotatable bonds is 5. The molecule has 0 saturated carbocycles. The Bertz CT molecular complexity index is 1010. The van der Waals surface area contributed by atoms with Gasteiger partial charge in [0, 0.05) is 29.3 Å². The summed E-state index contributed by atoms with van der Waals surface area (Å²) in [5.74, 6) is -0.733. The van der Waals surface area contributed by atoms with Gasteiger partial charge in [-0.3, -0.25) is 4.79 Å². The van der Waals surface area contributed by atoms with Crippen LogP contribution >= 0.6 is 0 Å². The fourth-order valence-corrected chi connectivity index (χ4v) is 3.64. The summed E-state index contributed by atoms with van der Waals surface area (Å²) in [6.07, 6.45) is 3.42. The van der Waals surface area contributed by atoms with E-state index in [9.17, 15) is 9.59 Å². The first kappa shape index (κ1) is 19.4. The highest BCUT2D eigenvalue weighted by Crippen LogP contribution is 2.33. The minimum Gasteiger partial charge on any atom is -0.465 e. The highest BCUT2D eigenvalue weighted by molar-refractivity contribution is 6.16. The highest BCUT2D eigenvalue weighted by Gasteiger charge is 2.36. The largest absolute Gasteiger partial charge is 0.465 e. The number of aromatic nitrogens is 1. The van der Waals surface area contributed by atoms with Crippen LogP contribution in [0.1, 0.15) is 23.9 Å². The summed E-state index contributed by atoms with van der Waals surface area (Å²) in [5, 5.41) is 0. The van der Waals surface area contributed by atoms with Crippen molar-refractivity contribution in [1.29, 1.82) is 0 Å². The lowest BCUT2D eigenvalue weighted by atomic mass is 10.0. The molecule has 5 heteroatoms. The second-order valence-corrected chi connectivity index (χ2v) is 6.71. The summed E-state index contributed by atoms with van der Waals surface area (Å²) < 4.78 is 7.05. The summed E-state index contributed by atoms with van der Waals surface area (Å²) >= 11 is 0. The molecule has 0 radical (unpaired) electrons. The van der Waals surface area contributed by atoms with E-state index in [0.29, 0.717) is 23.4 Å². The number of hydrogen-bond acceptors (Lipinski definition) is 3. The first-order valence-electron chi connectivity index (χ1n) is 9.09. The Balaban J connectivity index is 2.13. The van der Waals surface area contributed by atoms with E-state index in [1.54, 1.807) is 24.0 Å². The predicted molar refractivity (Wildman–Crippen MR) is 110 cm³/mol. The molecule has 0 saturated heterocycles. The van der Waals surface area contributed by atoms with Gasteiger partial charge in [-0.25, -0.2) is 4.79 Å². The van der Waals surface area contributed by atoms with E-state index in [-0.39, 0.29) is 5.91 Å². The standard InChI is InChI=1S/C23H24N2O3/c1-6-12-24-17(4)21(23(27)28-5)20(22(24)26)14-18-13-15(2)25(16(18)3)19-10-8-7-9-11-19/h6-11,13-14H,1,12H2,2-5H3. The number of carbonyl (C=O) groups is 2. The maximum atomic E-state index is 13.0. The van der Waals surface area contributed by atoms with Crippen molar-refractivity contribution < 1.29 is 14.3 Å². The lowest BCUT2D eigenvalue weighted by Gasteiger charge is -2.14. The molecule has 5 nitrogen and oxygen atoms in total. The zero-order valence-electron chi connectivity index (χ0n) is 16.7. The summed E-state index contributed by atoms with van der Waals surface area (Å²) in [5.41, 5.74) is 5.21. The Hall–Kier alpha value is -3.34. The van der Waals surface area contributed by atoms with Crippen LogP contribution in [0.25, 0.3) is 11.8 Å². The average Bonchev–Trinajstić information content (AvgIpc) is 3.10. The van der Waals surface area contributed by atoms with E-state index in [1.807, 2.05) is 50.2 Å². The molecule has 0 fully saturated rings. The Morgan fingerprint density at radius 1 is 1.18 bits per heavy atom. The van der Waals surface area contributed by atoms with Crippen molar-refractivity contribution in [3.63, 3.8) is 0 Å². The fraction of sp³-hybridized carbons (Fsp3) is 0.217. The molecule has 28 heavy (non-hydrogen) atoms. The van der Waals surface area contributed by atoms with Gasteiger partial charge < -0.3 is 14.2 Å². The SMILES string of the molecule is C=CCN1C(=O)C(=Cc2cc(C)n(-c3ccccc3)c2C)C(C(=O)OC)=C1C. The molecule has 3 rings (SSSR count). The third-order valence-corrected chi connectivity index (χ3v) is 5.00. The average molecular weight is 376 g/mol. The minimum atomic E-state index is -0.513. The van der Waals surface area contributed by atoms with Crippen molar-refractivity contribution in [3.05, 3.63) is 82.8 Å². The summed E-state index contributed by atoms with van der Waals surface area (Å²) in [6, 6.07) is 12.0. The lowest BCUT2D eigenvalue weighted by Crippen LogP contribution is -2.25. The second kappa shape index (κ2) is 7.72. The van der Waals surface area contributed by atoms with Crippen molar-refractivity contribution in [3.8, 4) is 5.69 Å². The Morgan fingerprint density at radius 3 is 2.46 bits per heavy atom. The molecular weight excluding hydrogens is 352 g/mol. The predicted octanol–water partition coefficient (Wildman–Crippen LogP) is 3.95. The van der Waals surface area contributed by atoms with Crippen LogP contribution in [-0.2, 0) is 14.3 Å². The van der Waals surface area contributed by atoms with E-state index in [4.69, 9.17) is 4.74 Å². The molecular formula is C23H24N2O3. The number of ether oxygens (including phenoxy) is 1. The van der Waals surface area contributed by atoms with E-state index < -0.39 is 5.97 Å². The Morgan fingerprint density at radius 2 is 1.86 bits per heavy atom. The van der Waals surface area contributed by atoms with Crippen LogP contribution in [-0.4, -0.2) is 35.0 Å². The number of amides is 1. The van der Waals surface area contributed by atoms with Gasteiger partial charge in [-0.1, -0.05) is 24.3 Å². The number of aryl methyl sites for hydroxylation is 1. The number of nitrogens with zero attached hydrogens (tertiary/aromatic N) is 2. The van der Waals surface area contributed by atoms with E-state index >= 15 is 0 Å². The van der Waals surface area contributed by atoms with E-state index in [2.05, 4.69) is 11.1 Å². The molecule has 1 aromatic carbocycles. The molecule has 0 unspecified atom stereocenters. The van der Waals surface area contributed by atoms with Crippen LogP contribution in [0.5, 0.6) is 0 Å². The normalized spacial score (nSPS) is 15.5. The molecule has 2 aromatic rings. The highest BCUT2D eigenvalue weighted by atomic mass is 16.5. The summed E-state index contributed by atoms with van der Waals surface area (Å²) in [4.78, 5) is 26.9. The van der Waals surface area contributed by atoms with Gasteiger partial charge in [0.05, 0.1) is 18.3 Å². The van der Waals surface area contributed by atoms with Crippen molar-refractivity contribution in [2.24, 2.45) is 0 Å². The van der Waals surface area contributed by atoms with Gasteiger partial charge in [0.1, 0.15) is 0 Å². The monoisotopic (exact) mass is 376 g/mol. The lowest BCUT2D eigenvalue weighted by molar-refractivity contribution is -0.136. The smallest absolute Gasteiger partial charge is 0.340 e. The summed E-state index contributed by atoms with van der Waals surface area (Å²) in [6.45, 7) is 9.81. The number of hydrogen-bond donors (Lipinski definition) is 0. The molecule has 1 aliphatic heterocycles. The number of esters is 1. The van der Waals surface area contributed by atoms with Gasteiger partial charge in [-0.15, -0.1) is 6.58 Å². The minimum absolute atomic E-state index is 0.220. The molecule has 1 aromatic heterocycles.